The van der Waals surface area contributed by atoms with Crippen LogP contribution in [0.5, 0.6) is 0 Å². The van der Waals surface area contributed by atoms with Crippen LogP contribution >= 0.6 is 11.8 Å². The van der Waals surface area contributed by atoms with Crippen molar-refractivity contribution in [1.82, 2.24) is 24.2 Å². The van der Waals surface area contributed by atoms with E-state index < -0.39 is 0 Å². The number of carbonyl (C=O) groups is 1. The van der Waals surface area contributed by atoms with Gasteiger partial charge in [-0.1, -0.05) is 36.4 Å². The Morgan fingerprint density at radius 3 is 2.58 bits per heavy atom. The fraction of sp³-hybridized carbons (Fsp3) is 0.480. The van der Waals surface area contributed by atoms with E-state index in [4.69, 9.17) is 4.74 Å². The van der Waals surface area contributed by atoms with Crippen molar-refractivity contribution in [2.24, 2.45) is 0 Å². The Balaban J connectivity index is 1.53. The molecule has 2 aromatic heterocycles. The highest BCUT2D eigenvalue weighted by Crippen LogP contribution is 2.25. The highest BCUT2D eigenvalue weighted by Gasteiger charge is 2.21. The number of Topliss-reactive ketones (excluding diaryl/α,β-unsaturated/α-hetero) is 1. The van der Waals surface area contributed by atoms with Gasteiger partial charge in [-0.2, -0.15) is 0 Å². The van der Waals surface area contributed by atoms with Gasteiger partial charge in [-0.25, -0.2) is 0 Å². The second-order valence-electron chi connectivity index (χ2n) is 8.55. The van der Waals surface area contributed by atoms with Crippen molar-refractivity contribution >= 4 is 17.5 Å². The number of rotatable bonds is 10. The van der Waals surface area contributed by atoms with Gasteiger partial charge in [0, 0.05) is 36.3 Å². The third kappa shape index (κ3) is 5.57. The van der Waals surface area contributed by atoms with E-state index in [1.807, 2.05) is 38.1 Å². The molecule has 3 heterocycles. The van der Waals surface area contributed by atoms with Crippen LogP contribution in [0.3, 0.4) is 0 Å². The molecule has 1 aromatic carbocycles. The Morgan fingerprint density at radius 1 is 1.09 bits per heavy atom. The van der Waals surface area contributed by atoms with Crippen LogP contribution < -0.4 is 0 Å². The number of hydrogen-bond donors (Lipinski definition) is 0. The molecular formula is C25H33N5O2S. The summed E-state index contributed by atoms with van der Waals surface area (Å²) in [5.74, 6) is 1.36. The molecule has 3 aromatic rings. The van der Waals surface area contributed by atoms with Crippen molar-refractivity contribution in [2.45, 2.75) is 51.4 Å². The lowest BCUT2D eigenvalue weighted by atomic mass is 10.1. The topological polar surface area (TPSA) is 65.2 Å². The Kier molecular flexibility index (Phi) is 8.01. The Bertz CT molecular complexity index is 1070. The lowest BCUT2D eigenvalue weighted by Crippen LogP contribution is -2.30. The number of nitrogens with zero attached hydrogens (tertiary/aromatic N) is 5. The van der Waals surface area contributed by atoms with E-state index in [0.717, 1.165) is 59.8 Å². The molecule has 1 aliphatic rings. The van der Waals surface area contributed by atoms with E-state index in [-0.39, 0.29) is 5.78 Å². The van der Waals surface area contributed by atoms with Crippen molar-refractivity contribution in [2.75, 3.05) is 32.6 Å². The largest absolute Gasteiger partial charge is 0.383 e. The predicted molar refractivity (Wildman–Crippen MR) is 131 cm³/mol. The highest BCUT2D eigenvalue weighted by atomic mass is 32.2. The minimum atomic E-state index is 0.108. The summed E-state index contributed by atoms with van der Waals surface area (Å²) < 4.78 is 9.46. The van der Waals surface area contributed by atoms with Crippen LogP contribution in [0.1, 0.15) is 46.8 Å². The van der Waals surface area contributed by atoms with E-state index in [2.05, 4.69) is 36.4 Å². The first-order valence-corrected chi connectivity index (χ1v) is 12.6. The summed E-state index contributed by atoms with van der Waals surface area (Å²) >= 11 is 1.46. The van der Waals surface area contributed by atoms with Gasteiger partial charge in [0.2, 0.25) is 0 Å². The van der Waals surface area contributed by atoms with Crippen LogP contribution in [0.2, 0.25) is 0 Å². The molecule has 0 radical (unpaired) electrons. The molecule has 0 bridgehead atoms. The highest BCUT2D eigenvalue weighted by molar-refractivity contribution is 7.99. The summed E-state index contributed by atoms with van der Waals surface area (Å²) in [6.45, 7) is 8.38. The molecule has 0 amide bonds. The number of thioether (sulfide) groups is 1. The number of likely N-dealkylation sites (tertiary alicyclic amines) is 1. The lowest BCUT2D eigenvalue weighted by Gasteiger charge is -2.26. The van der Waals surface area contributed by atoms with Gasteiger partial charge in [0.1, 0.15) is 0 Å². The van der Waals surface area contributed by atoms with Crippen molar-refractivity contribution < 1.29 is 9.53 Å². The van der Waals surface area contributed by atoms with Crippen molar-refractivity contribution in [3.8, 4) is 5.69 Å². The first kappa shape index (κ1) is 23.7. The number of para-hydroxylation sites is 1. The first-order valence-electron chi connectivity index (χ1n) is 11.6. The van der Waals surface area contributed by atoms with Crippen molar-refractivity contribution in [3.05, 3.63) is 59.2 Å². The quantitative estimate of drug-likeness (QED) is 0.327. The smallest absolute Gasteiger partial charge is 0.196 e. The second-order valence-corrected chi connectivity index (χ2v) is 9.49. The standard InChI is InChI=1S/C25H33N5O2S/c1-19-16-22(20(2)29(19)14-15-32-3)23(31)18-33-25-27-26-24(17-28-12-8-5-9-13-28)30(25)21-10-6-4-7-11-21/h4,6-7,10-11,16H,5,8-9,12-15,17-18H2,1-3H3. The molecule has 0 unspecified atom stereocenters. The zero-order valence-electron chi connectivity index (χ0n) is 19.8. The van der Waals surface area contributed by atoms with Gasteiger partial charge in [0.05, 0.1) is 18.9 Å². The van der Waals surface area contributed by atoms with Crippen LogP contribution in [0.4, 0.5) is 0 Å². The average Bonchev–Trinajstić information content (AvgIpc) is 3.37. The number of ether oxygens (including phenoxy) is 1. The number of hydrogen-bond acceptors (Lipinski definition) is 6. The zero-order valence-corrected chi connectivity index (χ0v) is 20.6. The van der Waals surface area contributed by atoms with E-state index in [0.29, 0.717) is 12.4 Å². The van der Waals surface area contributed by atoms with Gasteiger partial charge in [-0.15, -0.1) is 10.2 Å². The lowest BCUT2D eigenvalue weighted by molar-refractivity contribution is 0.102. The van der Waals surface area contributed by atoms with Crippen LogP contribution in [-0.2, 0) is 17.8 Å². The fourth-order valence-electron chi connectivity index (χ4n) is 4.47. The number of aryl methyl sites for hydroxylation is 1. The minimum Gasteiger partial charge on any atom is -0.383 e. The maximum Gasteiger partial charge on any atom is 0.196 e. The zero-order chi connectivity index (χ0) is 23.2. The molecule has 0 aliphatic carbocycles. The number of aromatic nitrogens is 4. The summed E-state index contributed by atoms with van der Waals surface area (Å²) in [6, 6.07) is 12.2. The van der Waals surface area contributed by atoms with Gasteiger partial charge in [0.25, 0.3) is 0 Å². The van der Waals surface area contributed by atoms with Crippen LogP contribution in [-0.4, -0.2) is 62.6 Å². The number of piperidine rings is 1. The average molecular weight is 468 g/mol. The maximum absolute atomic E-state index is 13.1. The van der Waals surface area contributed by atoms with Crippen LogP contribution in [0, 0.1) is 13.8 Å². The first-order chi connectivity index (χ1) is 16.1. The molecule has 4 rings (SSSR count). The SMILES string of the molecule is COCCn1c(C)cc(C(=O)CSc2nnc(CN3CCCCC3)n2-c2ccccc2)c1C. The third-order valence-electron chi connectivity index (χ3n) is 6.25. The third-order valence-corrected chi connectivity index (χ3v) is 7.18. The molecule has 176 valence electrons. The molecule has 8 heteroatoms. The van der Waals surface area contributed by atoms with Crippen molar-refractivity contribution in [3.63, 3.8) is 0 Å². The van der Waals surface area contributed by atoms with E-state index in [1.54, 1.807) is 7.11 Å². The number of ketones is 1. The predicted octanol–water partition coefficient (Wildman–Crippen LogP) is 4.29. The van der Waals surface area contributed by atoms with E-state index >= 15 is 0 Å². The van der Waals surface area contributed by atoms with Crippen molar-refractivity contribution in [1.29, 1.82) is 0 Å². The molecule has 7 nitrogen and oxygen atoms in total. The van der Waals surface area contributed by atoms with Gasteiger partial charge >= 0.3 is 0 Å². The van der Waals surface area contributed by atoms with Crippen LogP contribution in [0.25, 0.3) is 5.69 Å². The molecule has 1 aliphatic heterocycles. The monoisotopic (exact) mass is 467 g/mol. The fourth-order valence-corrected chi connectivity index (χ4v) is 5.32. The van der Waals surface area contributed by atoms with Crippen LogP contribution in [0.15, 0.2) is 41.6 Å². The Morgan fingerprint density at radius 2 is 1.85 bits per heavy atom. The van der Waals surface area contributed by atoms with E-state index in [1.165, 1.54) is 31.0 Å². The molecule has 0 atom stereocenters. The van der Waals surface area contributed by atoms with Gasteiger partial charge in [-0.3, -0.25) is 14.3 Å². The molecule has 0 N–H and O–H groups in total. The molecular weight excluding hydrogens is 434 g/mol. The molecule has 33 heavy (non-hydrogen) atoms. The minimum absolute atomic E-state index is 0.108. The number of methoxy groups -OCH3 is 1. The van der Waals surface area contributed by atoms with Gasteiger partial charge in [0.15, 0.2) is 16.8 Å². The summed E-state index contributed by atoms with van der Waals surface area (Å²) in [5, 5.41) is 9.77. The molecule has 1 fully saturated rings. The Hall–Kier alpha value is -2.42. The second kappa shape index (κ2) is 11.1. The summed E-state index contributed by atoms with van der Waals surface area (Å²) in [6.07, 6.45) is 3.77. The summed E-state index contributed by atoms with van der Waals surface area (Å²) in [4.78, 5) is 15.6. The molecule has 1 saturated heterocycles. The molecule has 0 saturated carbocycles. The summed E-state index contributed by atoms with van der Waals surface area (Å²) in [7, 11) is 1.69. The molecule has 0 spiro atoms. The number of carbonyl (C=O) groups excluding carboxylic acids is 1. The maximum atomic E-state index is 13.1. The van der Waals surface area contributed by atoms with Gasteiger partial charge in [-0.05, 0) is 58.0 Å². The van der Waals surface area contributed by atoms with E-state index in [9.17, 15) is 4.79 Å². The van der Waals surface area contributed by atoms with Gasteiger partial charge < -0.3 is 9.30 Å². The Labute approximate surface area is 200 Å². The summed E-state index contributed by atoms with van der Waals surface area (Å²) in [5.41, 5.74) is 3.87. The number of benzene rings is 1. The normalized spacial score (nSPS) is 14.6.